The van der Waals surface area contributed by atoms with E-state index in [0.29, 0.717) is 12.0 Å². The van der Waals surface area contributed by atoms with E-state index in [1.165, 1.54) is 9.75 Å². The molecule has 68 valence electrons. The van der Waals surface area contributed by atoms with Gasteiger partial charge in [0.1, 0.15) is 0 Å². The van der Waals surface area contributed by atoms with Gasteiger partial charge >= 0.3 is 0 Å². The summed E-state index contributed by atoms with van der Waals surface area (Å²) in [6, 6.07) is 4.93. The fraction of sp³-hybridized carbons (Fsp3) is 0.600. The second kappa shape index (κ2) is 4.06. The molecule has 0 aromatic carbocycles. The van der Waals surface area contributed by atoms with Crippen molar-refractivity contribution in [2.45, 2.75) is 26.8 Å². The van der Waals surface area contributed by atoms with Crippen molar-refractivity contribution in [3.63, 3.8) is 0 Å². The maximum Gasteiger partial charge on any atom is 0.0435 e. The van der Waals surface area contributed by atoms with Gasteiger partial charge in [0.25, 0.3) is 0 Å². The summed E-state index contributed by atoms with van der Waals surface area (Å²) in [5, 5.41) is 3.34. The predicted molar refractivity (Wildman–Crippen MR) is 55.7 cm³/mol. The van der Waals surface area contributed by atoms with E-state index in [1.54, 1.807) is 0 Å². The van der Waals surface area contributed by atoms with E-state index in [9.17, 15) is 0 Å². The van der Waals surface area contributed by atoms with Gasteiger partial charge in [-0.25, -0.2) is 0 Å². The first-order valence-corrected chi connectivity index (χ1v) is 5.20. The molecule has 1 aromatic heterocycles. The summed E-state index contributed by atoms with van der Waals surface area (Å²) in [5.41, 5.74) is 0. The van der Waals surface area contributed by atoms with Crippen molar-refractivity contribution < 1.29 is 0 Å². The molecule has 0 saturated heterocycles. The highest BCUT2D eigenvalue weighted by Gasteiger charge is 2.14. The fourth-order valence-electron chi connectivity index (χ4n) is 1.42. The van der Waals surface area contributed by atoms with Crippen LogP contribution in [-0.4, -0.2) is 7.05 Å². The molecule has 12 heavy (non-hydrogen) atoms. The smallest absolute Gasteiger partial charge is 0.0435 e. The molecule has 1 aromatic rings. The van der Waals surface area contributed by atoms with Crippen molar-refractivity contribution in [3.8, 4) is 0 Å². The van der Waals surface area contributed by atoms with Crippen LogP contribution in [0.15, 0.2) is 12.1 Å². The van der Waals surface area contributed by atoms with Gasteiger partial charge in [0, 0.05) is 15.8 Å². The van der Waals surface area contributed by atoms with Gasteiger partial charge in [-0.05, 0) is 32.0 Å². The Morgan fingerprint density at radius 3 is 2.33 bits per heavy atom. The zero-order valence-electron chi connectivity index (χ0n) is 8.22. The monoisotopic (exact) mass is 183 g/mol. The summed E-state index contributed by atoms with van der Waals surface area (Å²) in [7, 11) is 2.03. The number of hydrogen-bond donors (Lipinski definition) is 1. The molecule has 0 fully saturated rings. The topological polar surface area (TPSA) is 12.0 Å². The molecule has 1 N–H and O–H groups in total. The van der Waals surface area contributed by atoms with Crippen molar-refractivity contribution in [2.24, 2.45) is 5.92 Å². The summed E-state index contributed by atoms with van der Waals surface area (Å²) < 4.78 is 0. The second-order valence-corrected chi connectivity index (χ2v) is 4.78. The Bertz CT molecular complexity index is 240. The van der Waals surface area contributed by atoms with E-state index in [-0.39, 0.29) is 0 Å². The molecule has 0 bridgehead atoms. The van der Waals surface area contributed by atoms with Crippen LogP contribution in [0.25, 0.3) is 0 Å². The van der Waals surface area contributed by atoms with Gasteiger partial charge in [-0.15, -0.1) is 11.3 Å². The second-order valence-electron chi connectivity index (χ2n) is 3.46. The Kier molecular flexibility index (Phi) is 3.29. The molecule has 0 spiro atoms. The van der Waals surface area contributed by atoms with Crippen LogP contribution in [0.4, 0.5) is 0 Å². The maximum atomic E-state index is 3.34. The normalized spacial score (nSPS) is 13.8. The molecule has 0 saturated carbocycles. The summed E-state index contributed by atoms with van der Waals surface area (Å²) in [4.78, 5) is 2.84. The van der Waals surface area contributed by atoms with Crippen molar-refractivity contribution in [2.75, 3.05) is 7.05 Å². The van der Waals surface area contributed by atoms with Gasteiger partial charge in [-0.2, -0.15) is 0 Å². The lowest BCUT2D eigenvalue weighted by atomic mass is 10.0. The van der Waals surface area contributed by atoms with Gasteiger partial charge in [0.2, 0.25) is 0 Å². The number of thiophene rings is 1. The molecular weight excluding hydrogens is 166 g/mol. The molecule has 0 aliphatic rings. The summed E-state index contributed by atoms with van der Waals surface area (Å²) >= 11 is 1.89. The zero-order chi connectivity index (χ0) is 9.14. The van der Waals surface area contributed by atoms with Gasteiger partial charge in [0.15, 0.2) is 0 Å². The molecular formula is C10H17NS. The third kappa shape index (κ3) is 2.08. The molecule has 1 rings (SSSR count). The van der Waals surface area contributed by atoms with E-state index >= 15 is 0 Å². The third-order valence-corrected chi connectivity index (χ3v) is 3.13. The lowest BCUT2D eigenvalue weighted by Gasteiger charge is -2.18. The Morgan fingerprint density at radius 2 is 2.00 bits per heavy atom. The van der Waals surface area contributed by atoms with E-state index in [1.807, 2.05) is 18.4 Å². The number of rotatable bonds is 3. The first-order valence-electron chi connectivity index (χ1n) is 4.38. The SMILES string of the molecule is CNC(c1ccc(C)s1)C(C)C. The minimum absolute atomic E-state index is 0.517. The standard InChI is InChI=1S/C10H17NS/c1-7(2)10(11-4)9-6-5-8(3)12-9/h5-7,10-11H,1-4H3. The van der Waals surface area contributed by atoms with E-state index in [4.69, 9.17) is 0 Å². The average molecular weight is 183 g/mol. The van der Waals surface area contributed by atoms with Gasteiger partial charge < -0.3 is 5.32 Å². The lowest BCUT2D eigenvalue weighted by molar-refractivity contribution is 0.449. The largest absolute Gasteiger partial charge is 0.312 e. The summed E-state index contributed by atoms with van der Waals surface area (Å²) in [6.07, 6.45) is 0. The van der Waals surface area contributed by atoms with Crippen molar-refractivity contribution in [1.82, 2.24) is 5.32 Å². The van der Waals surface area contributed by atoms with Crippen molar-refractivity contribution >= 4 is 11.3 Å². The average Bonchev–Trinajstić information content (AvgIpc) is 2.37. The minimum Gasteiger partial charge on any atom is -0.312 e. The highest BCUT2D eigenvalue weighted by atomic mass is 32.1. The van der Waals surface area contributed by atoms with E-state index in [0.717, 1.165) is 0 Å². The highest BCUT2D eigenvalue weighted by Crippen LogP contribution is 2.27. The Balaban J connectivity index is 2.80. The Hall–Kier alpha value is -0.340. The first kappa shape index (κ1) is 9.75. The minimum atomic E-state index is 0.517. The quantitative estimate of drug-likeness (QED) is 0.759. The number of hydrogen-bond acceptors (Lipinski definition) is 2. The molecule has 0 aliphatic heterocycles. The van der Waals surface area contributed by atoms with Gasteiger partial charge in [0.05, 0.1) is 0 Å². The lowest BCUT2D eigenvalue weighted by Crippen LogP contribution is -2.20. The summed E-state index contributed by atoms with van der Waals surface area (Å²) in [6.45, 7) is 6.65. The third-order valence-electron chi connectivity index (χ3n) is 2.05. The Labute approximate surface area is 78.8 Å². The predicted octanol–water partition coefficient (Wildman–Crippen LogP) is 2.97. The maximum absolute atomic E-state index is 3.34. The van der Waals surface area contributed by atoms with Crippen LogP contribution in [-0.2, 0) is 0 Å². The van der Waals surface area contributed by atoms with E-state index in [2.05, 4.69) is 38.2 Å². The van der Waals surface area contributed by atoms with E-state index < -0.39 is 0 Å². The molecule has 0 aliphatic carbocycles. The molecule has 0 radical (unpaired) electrons. The highest BCUT2D eigenvalue weighted by molar-refractivity contribution is 7.12. The van der Waals surface area contributed by atoms with Crippen LogP contribution in [0, 0.1) is 12.8 Å². The van der Waals surface area contributed by atoms with Gasteiger partial charge in [-0.1, -0.05) is 13.8 Å². The molecule has 2 heteroatoms. The molecule has 1 unspecified atom stereocenters. The number of aryl methyl sites for hydroxylation is 1. The van der Waals surface area contributed by atoms with Crippen LogP contribution >= 0.6 is 11.3 Å². The molecule has 1 nitrogen and oxygen atoms in total. The molecule has 1 atom stereocenters. The zero-order valence-corrected chi connectivity index (χ0v) is 9.03. The molecule has 0 amide bonds. The van der Waals surface area contributed by atoms with Crippen LogP contribution < -0.4 is 5.32 Å². The van der Waals surface area contributed by atoms with Crippen LogP contribution in [0.2, 0.25) is 0 Å². The molecule has 1 heterocycles. The van der Waals surface area contributed by atoms with Crippen LogP contribution in [0.5, 0.6) is 0 Å². The Morgan fingerprint density at radius 1 is 1.33 bits per heavy atom. The van der Waals surface area contributed by atoms with Crippen molar-refractivity contribution in [3.05, 3.63) is 21.9 Å². The van der Waals surface area contributed by atoms with Crippen molar-refractivity contribution in [1.29, 1.82) is 0 Å². The van der Waals surface area contributed by atoms with Crippen LogP contribution in [0.3, 0.4) is 0 Å². The van der Waals surface area contributed by atoms with Gasteiger partial charge in [-0.3, -0.25) is 0 Å². The van der Waals surface area contributed by atoms with Crippen LogP contribution in [0.1, 0.15) is 29.6 Å². The summed E-state index contributed by atoms with van der Waals surface area (Å²) in [5.74, 6) is 0.660. The number of nitrogens with one attached hydrogen (secondary N) is 1. The fourth-order valence-corrected chi connectivity index (χ4v) is 2.59. The first-order chi connectivity index (χ1) is 5.65.